The van der Waals surface area contributed by atoms with Crippen molar-refractivity contribution in [3.8, 4) is 0 Å². The average molecular weight is 362 g/mol. The predicted octanol–water partition coefficient (Wildman–Crippen LogP) is 4.33. The molecule has 0 aliphatic rings. The van der Waals surface area contributed by atoms with E-state index in [9.17, 15) is 14.4 Å². The fourth-order valence-corrected chi connectivity index (χ4v) is 1.43. The van der Waals surface area contributed by atoms with Crippen LogP contribution < -0.4 is 0 Å². The van der Waals surface area contributed by atoms with Crippen molar-refractivity contribution < 1.29 is 34.1 Å². The van der Waals surface area contributed by atoms with Crippen LogP contribution >= 0.6 is 0 Å². The molecule has 0 spiro atoms. The van der Waals surface area contributed by atoms with Crippen molar-refractivity contribution in [2.75, 3.05) is 0 Å². The van der Waals surface area contributed by atoms with Crippen LogP contribution in [-0.2, 0) is 19.1 Å². The van der Waals surface area contributed by atoms with Gasteiger partial charge in [0.2, 0.25) is 0 Å². The lowest BCUT2D eigenvalue weighted by atomic mass is 9.78. The summed E-state index contributed by atoms with van der Waals surface area (Å²) in [5.74, 6) is -1.90. The summed E-state index contributed by atoms with van der Waals surface area (Å²) in [5, 5.41) is 17.2. The average Bonchev–Trinajstić information content (AvgIpc) is 2.31. The lowest BCUT2D eigenvalue weighted by Gasteiger charge is -2.26. The van der Waals surface area contributed by atoms with E-state index in [0.29, 0.717) is 6.42 Å². The van der Waals surface area contributed by atoms with Crippen molar-refractivity contribution >= 4 is 18.1 Å². The highest BCUT2D eigenvalue weighted by atomic mass is 16.7. The Morgan fingerprint density at radius 1 is 0.840 bits per heavy atom. The third kappa shape index (κ3) is 14.3. The van der Waals surface area contributed by atoms with Crippen LogP contribution in [-0.4, -0.2) is 39.5 Å². The van der Waals surface area contributed by atoms with Crippen molar-refractivity contribution in [2.45, 2.75) is 86.4 Å². The zero-order valence-electron chi connectivity index (χ0n) is 16.9. The first-order valence-corrected chi connectivity index (χ1v) is 8.25. The molecule has 0 bridgehead atoms. The maximum absolute atomic E-state index is 11.0. The summed E-state index contributed by atoms with van der Waals surface area (Å²) in [4.78, 5) is 32.0. The van der Waals surface area contributed by atoms with Gasteiger partial charge in [-0.15, -0.1) is 0 Å². The van der Waals surface area contributed by atoms with E-state index in [1.54, 1.807) is 62.3 Å². The Morgan fingerprint density at radius 3 is 1.44 bits per heavy atom. The highest BCUT2D eigenvalue weighted by molar-refractivity contribution is 5.74. The second kappa shape index (κ2) is 9.63. The lowest BCUT2D eigenvalue weighted by Crippen LogP contribution is -2.31. The molecular formula is C18H34O7. The topological polar surface area (TPSA) is 110 Å². The molecule has 0 saturated heterocycles. The van der Waals surface area contributed by atoms with E-state index >= 15 is 0 Å². The summed E-state index contributed by atoms with van der Waals surface area (Å²) in [6.45, 7) is 15.8. The molecule has 0 amide bonds. The number of hydrogen-bond donors (Lipinski definition) is 2. The van der Waals surface area contributed by atoms with Crippen LogP contribution in [0.1, 0.15) is 75.2 Å². The van der Waals surface area contributed by atoms with Gasteiger partial charge in [0.25, 0.3) is 0 Å². The van der Waals surface area contributed by atoms with Gasteiger partial charge in [0, 0.05) is 6.42 Å². The van der Waals surface area contributed by atoms with E-state index in [1.165, 1.54) is 0 Å². The Balaban J connectivity index is 0. The van der Waals surface area contributed by atoms with Crippen LogP contribution in [0.2, 0.25) is 0 Å². The maximum Gasteiger partial charge on any atom is 0.509 e. The molecule has 1 atom stereocenters. The minimum Gasteiger partial charge on any atom is -0.481 e. The summed E-state index contributed by atoms with van der Waals surface area (Å²) in [6, 6.07) is 0. The Morgan fingerprint density at radius 2 is 1.20 bits per heavy atom. The first-order chi connectivity index (χ1) is 10.9. The van der Waals surface area contributed by atoms with Crippen molar-refractivity contribution in [3.05, 3.63) is 0 Å². The molecule has 7 nitrogen and oxygen atoms in total. The van der Waals surface area contributed by atoms with Gasteiger partial charge in [-0.2, -0.15) is 0 Å². The third-order valence-corrected chi connectivity index (χ3v) is 3.35. The standard InChI is InChI=1S/C9H16O4.C9H18O3/c1-6(4-5-7(10)11)9(2,3)8(12)13;1-8(2,3)11-7(10)12-9(4,5)6/h6H,4-5H2,1-3H3,(H,10,11)(H,12,13);1-6H3. The summed E-state index contributed by atoms with van der Waals surface area (Å²) >= 11 is 0. The van der Waals surface area contributed by atoms with Gasteiger partial charge in [0.15, 0.2) is 0 Å². The summed E-state index contributed by atoms with van der Waals surface area (Å²) in [7, 11) is 0. The number of carbonyl (C=O) groups is 3. The Hall–Kier alpha value is -1.79. The van der Waals surface area contributed by atoms with Gasteiger partial charge < -0.3 is 19.7 Å². The molecule has 2 N–H and O–H groups in total. The molecule has 0 aliphatic heterocycles. The molecule has 7 heteroatoms. The molecular weight excluding hydrogens is 328 g/mol. The molecule has 1 unspecified atom stereocenters. The minimum absolute atomic E-state index is 0.0257. The number of rotatable bonds is 5. The van der Waals surface area contributed by atoms with Crippen molar-refractivity contribution in [1.82, 2.24) is 0 Å². The first-order valence-electron chi connectivity index (χ1n) is 8.25. The zero-order chi connectivity index (χ0) is 20.6. The Kier molecular flexibility index (Phi) is 9.80. The number of ether oxygens (including phenoxy) is 2. The normalized spacial score (nSPS) is 13.2. The van der Waals surface area contributed by atoms with Gasteiger partial charge in [-0.1, -0.05) is 6.92 Å². The molecule has 0 rings (SSSR count). The largest absolute Gasteiger partial charge is 0.509 e. The molecule has 0 aromatic heterocycles. The summed E-state index contributed by atoms with van der Waals surface area (Å²) in [6.07, 6.45) is -0.193. The van der Waals surface area contributed by atoms with E-state index < -0.39 is 34.7 Å². The molecule has 148 valence electrons. The number of carbonyl (C=O) groups excluding carboxylic acids is 1. The molecule has 0 radical (unpaired) electrons. The number of carboxylic acid groups (broad SMARTS) is 2. The Bertz CT molecular complexity index is 435. The van der Waals surface area contributed by atoms with Crippen molar-refractivity contribution in [3.63, 3.8) is 0 Å². The highest BCUT2D eigenvalue weighted by Gasteiger charge is 2.33. The predicted molar refractivity (Wildman–Crippen MR) is 94.5 cm³/mol. The molecule has 0 heterocycles. The highest BCUT2D eigenvalue weighted by Crippen LogP contribution is 2.30. The zero-order valence-corrected chi connectivity index (χ0v) is 16.9. The molecule has 0 saturated carbocycles. The fourth-order valence-electron chi connectivity index (χ4n) is 1.43. The number of hydrogen-bond acceptors (Lipinski definition) is 5. The van der Waals surface area contributed by atoms with Gasteiger partial charge in [-0.05, 0) is 67.7 Å². The fraction of sp³-hybridized carbons (Fsp3) is 0.833. The number of aliphatic carboxylic acids is 2. The van der Waals surface area contributed by atoms with Crippen LogP contribution in [0.25, 0.3) is 0 Å². The van der Waals surface area contributed by atoms with Gasteiger partial charge >= 0.3 is 18.1 Å². The molecule has 25 heavy (non-hydrogen) atoms. The van der Waals surface area contributed by atoms with Crippen LogP contribution in [0.4, 0.5) is 4.79 Å². The third-order valence-electron chi connectivity index (χ3n) is 3.35. The van der Waals surface area contributed by atoms with Crippen LogP contribution in [0.15, 0.2) is 0 Å². The molecule has 0 aromatic rings. The second-order valence-electron chi connectivity index (χ2n) is 8.54. The maximum atomic E-state index is 11.0. The van der Waals surface area contributed by atoms with Gasteiger partial charge in [0.05, 0.1) is 5.41 Å². The van der Waals surface area contributed by atoms with E-state index in [2.05, 4.69) is 0 Å². The van der Waals surface area contributed by atoms with Crippen LogP contribution in [0, 0.1) is 11.3 Å². The van der Waals surface area contributed by atoms with Crippen LogP contribution in [0.3, 0.4) is 0 Å². The summed E-state index contributed by atoms with van der Waals surface area (Å²) in [5.41, 5.74) is -1.82. The monoisotopic (exact) mass is 362 g/mol. The summed E-state index contributed by atoms with van der Waals surface area (Å²) < 4.78 is 9.91. The van der Waals surface area contributed by atoms with Crippen molar-refractivity contribution in [1.29, 1.82) is 0 Å². The second-order valence-corrected chi connectivity index (χ2v) is 8.54. The lowest BCUT2D eigenvalue weighted by molar-refractivity contribution is -0.150. The minimum atomic E-state index is -0.884. The Labute approximate surface area is 150 Å². The van der Waals surface area contributed by atoms with Gasteiger partial charge in [-0.25, -0.2) is 4.79 Å². The van der Waals surface area contributed by atoms with Gasteiger partial charge in [-0.3, -0.25) is 9.59 Å². The number of carboxylic acids is 2. The van der Waals surface area contributed by atoms with Gasteiger partial charge in [0.1, 0.15) is 11.2 Å². The van der Waals surface area contributed by atoms with Crippen LogP contribution in [0.5, 0.6) is 0 Å². The SMILES string of the molecule is CC(C)(C)OC(=O)OC(C)(C)C.CC(CCC(=O)O)C(C)(C)C(=O)O. The van der Waals surface area contributed by atoms with E-state index in [-0.39, 0.29) is 12.3 Å². The molecule has 0 aromatic carbocycles. The first kappa shape index (κ1) is 25.5. The van der Waals surface area contributed by atoms with Crippen molar-refractivity contribution in [2.24, 2.45) is 11.3 Å². The van der Waals surface area contributed by atoms with E-state index in [4.69, 9.17) is 19.7 Å². The van der Waals surface area contributed by atoms with E-state index in [1.807, 2.05) is 0 Å². The molecule has 0 fully saturated rings. The quantitative estimate of drug-likeness (QED) is 0.700. The smallest absolute Gasteiger partial charge is 0.481 e. The molecule has 0 aliphatic carbocycles. The van der Waals surface area contributed by atoms with E-state index in [0.717, 1.165) is 0 Å².